The van der Waals surface area contributed by atoms with Crippen LogP contribution in [0.25, 0.3) is 0 Å². The molecule has 0 saturated carbocycles. The fourth-order valence-corrected chi connectivity index (χ4v) is 1.57. The number of fused-ring (bicyclic) bond motifs is 1. The van der Waals surface area contributed by atoms with Crippen molar-refractivity contribution in [1.29, 1.82) is 0 Å². The summed E-state index contributed by atoms with van der Waals surface area (Å²) in [5.41, 5.74) is 4.17. The SMILES string of the molecule is C1=CCC2[N]N=CCC2C1. The minimum absolute atomic E-state index is 0.495. The van der Waals surface area contributed by atoms with Crippen LogP contribution in [0.1, 0.15) is 19.3 Å². The molecule has 0 N–H and O–H groups in total. The van der Waals surface area contributed by atoms with Crippen LogP contribution in [0.15, 0.2) is 17.3 Å². The average Bonchev–Trinajstić information content (AvgIpc) is 2.05. The van der Waals surface area contributed by atoms with E-state index in [1.807, 2.05) is 6.21 Å². The maximum absolute atomic E-state index is 4.17. The molecule has 1 aliphatic carbocycles. The van der Waals surface area contributed by atoms with Crippen LogP contribution in [-0.4, -0.2) is 12.3 Å². The summed E-state index contributed by atoms with van der Waals surface area (Å²) in [7, 11) is 0. The second-order valence-electron chi connectivity index (χ2n) is 2.92. The van der Waals surface area contributed by atoms with Gasteiger partial charge in [0.25, 0.3) is 0 Å². The number of rotatable bonds is 0. The van der Waals surface area contributed by atoms with Gasteiger partial charge in [-0.3, -0.25) is 0 Å². The maximum Gasteiger partial charge on any atom is 0.0781 e. The Hall–Kier alpha value is -0.790. The van der Waals surface area contributed by atoms with Crippen molar-refractivity contribution in [3.05, 3.63) is 12.2 Å². The van der Waals surface area contributed by atoms with Crippen LogP contribution in [0.4, 0.5) is 0 Å². The fourth-order valence-electron chi connectivity index (χ4n) is 1.57. The van der Waals surface area contributed by atoms with Gasteiger partial charge >= 0.3 is 0 Å². The molecule has 0 saturated heterocycles. The van der Waals surface area contributed by atoms with Crippen LogP contribution in [0.3, 0.4) is 0 Å². The molecule has 0 aromatic rings. The van der Waals surface area contributed by atoms with Gasteiger partial charge in [0.15, 0.2) is 0 Å². The fraction of sp³-hybridized carbons (Fsp3) is 0.625. The Bertz CT molecular complexity index is 136. The van der Waals surface area contributed by atoms with Gasteiger partial charge < -0.3 is 0 Å². The van der Waals surface area contributed by atoms with E-state index in [9.17, 15) is 0 Å². The quantitative estimate of drug-likeness (QED) is 0.448. The van der Waals surface area contributed by atoms with E-state index in [4.69, 9.17) is 0 Å². The van der Waals surface area contributed by atoms with Gasteiger partial charge in [0.2, 0.25) is 0 Å². The average molecular weight is 135 g/mol. The predicted molar refractivity (Wildman–Crippen MR) is 40.9 cm³/mol. The zero-order valence-electron chi connectivity index (χ0n) is 5.90. The molecule has 2 heteroatoms. The van der Waals surface area contributed by atoms with E-state index in [-0.39, 0.29) is 0 Å². The third-order valence-corrected chi connectivity index (χ3v) is 2.23. The van der Waals surface area contributed by atoms with Gasteiger partial charge in [-0.05, 0) is 25.2 Å². The van der Waals surface area contributed by atoms with Crippen molar-refractivity contribution in [2.75, 3.05) is 0 Å². The van der Waals surface area contributed by atoms with Gasteiger partial charge in [-0.1, -0.05) is 12.2 Å². The van der Waals surface area contributed by atoms with Crippen LogP contribution < -0.4 is 5.43 Å². The Morgan fingerprint density at radius 3 is 2.90 bits per heavy atom. The zero-order chi connectivity index (χ0) is 6.81. The maximum atomic E-state index is 4.17. The first kappa shape index (κ1) is 5.96. The number of nitrogens with zero attached hydrogens (tertiary/aromatic N) is 2. The lowest BCUT2D eigenvalue weighted by Crippen LogP contribution is -2.32. The highest BCUT2D eigenvalue weighted by Gasteiger charge is 2.24. The van der Waals surface area contributed by atoms with Gasteiger partial charge in [0.05, 0.1) is 6.04 Å². The van der Waals surface area contributed by atoms with E-state index >= 15 is 0 Å². The first-order chi connectivity index (χ1) is 4.97. The van der Waals surface area contributed by atoms with E-state index in [1.165, 1.54) is 6.42 Å². The Morgan fingerprint density at radius 2 is 2.00 bits per heavy atom. The van der Waals surface area contributed by atoms with E-state index < -0.39 is 0 Å². The molecule has 10 heavy (non-hydrogen) atoms. The molecule has 0 fully saturated rings. The highest BCUT2D eigenvalue weighted by molar-refractivity contribution is 5.58. The van der Waals surface area contributed by atoms with Gasteiger partial charge in [0, 0.05) is 6.21 Å². The first-order valence-corrected chi connectivity index (χ1v) is 3.83. The summed E-state index contributed by atoms with van der Waals surface area (Å²) in [5, 5.41) is 3.93. The molecule has 0 bridgehead atoms. The standard InChI is InChI=1S/C8H11N2/c1-2-4-8-7(3-1)5-6-9-10-8/h1-2,6-8H,3-5H2. The number of allylic oxidation sites excluding steroid dienone is 1. The second-order valence-corrected chi connectivity index (χ2v) is 2.92. The molecule has 53 valence electrons. The highest BCUT2D eigenvalue weighted by atomic mass is 15.3. The molecule has 1 radical (unpaired) electrons. The van der Waals surface area contributed by atoms with Gasteiger partial charge in [0.1, 0.15) is 0 Å². The van der Waals surface area contributed by atoms with Gasteiger partial charge in [-0.25, -0.2) is 0 Å². The van der Waals surface area contributed by atoms with Crippen LogP contribution in [0, 0.1) is 5.92 Å². The molecule has 0 amide bonds. The van der Waals surface area contributed by atoms with Crippen LogP contribution >= 0.6 is 0 Å². The molecule has 2 rings (SSSR count). The molecule has 2 nitrogen and oxygen atoms in total. The van der Waals surface area contributed by atoms with Crippen LogP contribution in [0.5, 0.6) is 0 Å². The van der Waals surface area contributed by atoms with Crippen molar-refractivity contribution in [2.24, 2.45) is 11.0 Å². The Labute approximate surface area is 61.0 Å². The van der Waals surface area contributed by atoms with E-state index in [0.29, 0.717) is 6.04 Å². The molecule has 0 spiro atoms. The summed E-state index contributed by atoms with van der Waals surface area (Å²) < 4.78 is 0. The lowest BCUT2D eigenvalue weighted by molar-refractivity contribution is 0.338. The molecule has 1 aliphatic heterocycles. The van der Waals surface area contributed by atoms with Crippen molar-refractivity contribution in [3.8, 4) is 0 Å². The van der Waals surface area contributed by atoms with Crippen LogP contribution in [0.2, 0.25) is 0 Å². The van der Waals surface area contributed by atoms with Gasteiger partial charge in [-0.15, -0.1) is 0 Å². The van der Waals surface area contributed by atoms with Crippen molar-refractivity contribution in [3.63, 3.8) is 0 Å². The molecule has 0 aromatic heterocycles. The summed E-state index contributed by atoms with van der Waals surface area (Å²) >= 11 is 0. The van der Waals surface area contributed by atoms with Crippen LogP contribution in [-0.2, 0) is 0 Å². The minimum Gasteiger partial charge on any atom is -0.186 e. The Kier molecular flexibility index (Phi) is 1.46. The minimum atomic E-state index is 0.495. The van der Waals surface area contributed by atoms with E-state index in [2.05, 4.69) is 22.7 Å². The molecule has 2 aliphatic rings. The molecule has 2 atom stereocenters. The second kappa shape index (κ2) is 2.45. The smallest absolute Gasteiger partial charge is 0.0781 e. The number of hydrogen-bond donors (Lipinski definition) is 0. The lowest BCUT2D eigenvalue weighted by atomic mass is 9.87. The molecule has 1 heterocycles. The topological polar surface area (TPSA) is 26.5 Å². The van der Waals surface area contributed by atoms with Crippen molar-refractivity contribution in [2.45, 2.75) is 25.3 Å². The van der Waals surface area contributed by atoms with Crippen molar-refractivity contribution in [1.82, 2.24) is 5.43 Å². The molecular formula is C8H11N2. The van der Waals surface area contributed by atoms with Crippen molar-refractivity contribution < 1.29 is 0 Å². The third kappa shape index (κ3) is 0.939. The lowest BCUT2D eigenvalue weighted by Gasteiger charge is -2.27. The highest BCUT2D eigenvalue weighted by Crippen LogP contribution is 2.24. The Balaban J connectivity index is 2.09. The summed E-state index contributed by atoms with van der Waals surface area (Å²) in [6, 6.07) is 0.495. The largest absolute Gasteiger partial charge is 0.186 e. The van der Waals surface area contributed by atoms with Gasteiger partial charge in [-0.2, -0.15) is 10.5 Å². The van der Waals surface area contributed by atoms with Crippen molar-refractivity contribution >= 4 is 6.21 Å². The summed E-state index contributed by atoms with van der Waals surface area (Å²) in [5.74, 6) is 0.752. The van der Waals surface area contributed by atoms with E-state index in [0.717, 1.165) is 18.8 Å². The number of hydrogen-bond acceptors (Lipinski definition) is 1. The summed E-state index contributed by atoms with van der Waals surface area (Å²) in [6.07, 6.45) is 9.82. The third-order valence-electron chi connectivity index (χ3n) is 2.23. The predicted octanol–water partition coefficient (Wildman–Crippen LogP) is 1.32. The summed E-state index contributed by atoms with van der Waals surface area (Å²) in [6.45, 7) is 0. The molecule has 2 unspecified atom stereocenters. The first-order valence-electron chi connectivity index (χ1n) is 3.83. The summed E-state index contributed by atoms with van der Waals surface area (Å²) in [4.78, 5) is 0. The molecule has 0 aromatic carbocycles. The van der Waals surface area contributed by atoms with E-state index in [1.54, 1.807) is 0 Å². The normalized spacial score (nSPS) is 36.8. The monoisotopic (exact) mass is 135 g/mol. The Morgan fingerprint density at radius 1 is 1.10 bits per heavy atom. The zero-order valence-corrected chi connectivity index (χ0v) is 5.90. The molecular weight excluding hydrogens is 124 g/mol.